The molecule has 2 nitrogen and oxygen atoms in total. The Balaban J connectivity index is 1.67. The molecule has 0 spiro atoms. The Hall–Kier alpha value is -1.65. The van der Waals surface area contributed by atoms with Crippen molar-refractivity contribution >= 4 is 38.0 Å². The molecule has 3 rings (SSSR count). The first-order chi connectivity index (χ1) is 11.7. The molecule has 0 atom stereocenters. The van der Waals surface area contributed by atoms with Crippen LogP contribution in [0.4, 0.5) is 0 Å². The fraction of sp³-hybridized carbons (Fsp3) is 0.350. The van der Waals surface area contributed by atoms with Gasteiger partial charge in [0.2, 0.25) is 0 Å². The Morgan fingerprint density at radius 3 is 2.50 bits per heavy atom. The smallest absolute Gasteiger partial charge is 0.353 e. The van der Waals surface area contributed by atoms with Crippen LogP contribution in [-0.4, -0.2) is 5.97 Å². The number of ether oxygens (including phenoxy) is 1. The third kappa shape index (κ3) is 4.05. The lowest BCUT2D eigenvalue weighted by molar-refractivity contribution is 0.0740. The molecule has 24 heavy (non-hydrogen) atoms. The maximum Gasteiger partial charge on any atom is 0.353 e. The first-order valence-electron chi connectivity index (χ1n) is 8.53. The molecule has 3 aromatic rings. The Morgan fingerprint density at radius 2 is 1.83 bits per heavy atom. The summed E-state index contributed by atoms with van der Waals surface area (Å²) < 4.78 is 6.70. The largest absolute Gasteiger partial charge is 0.422 e. The molecule has 0 fully saturated rings. The van der Waals surface area contributed by atoms with Crippen LogP contribution in [0.15, 0.2) is 36.4 Å². The molecule has 4 heteroatoms. The average Bonchev–Trinajstić information content (AvgIpc) is 3.14. The van der Waals surface area contributed by atoms with Crippen LogP contribution in [0, 0.1) is 0 Å². The normalized spacial score (nSPS) is 11.1. The molecule has 0 N–H and O–H groups in total. The van der Waals surface area contributed by atoms with Gasteiger partial charge >= 0.3 is 5.97 Å². The van der Waals surface area contributed by atoms with Gasteiger partial charge in [0.05, 0.1) is 4.01 Å². The molecule has 0 unspecified atom stereocenters. The van der Waals surface area contributed by atoms with E-state index in [2.05, 4.69) is 19.9 Å². The SMILES string of the molecule is CCCCCc1cc2cc(C(=O)Oc3ccc(CC)cc3)sc2s1. The highest BCUT2D eigenvalue weighted by Gasteiger charge is 2.15. The van der Waals surface area contributed by atoms with Gasteiger partial charge < -0.3 is 4.74 Å². The second-order valence-corrected chi connectivity index (χ2v) is 8.36. The van der Waals surface area contributed by atoms with Crippen LogP contribution in [0.5, 0.6) is 5.75 Å². The Kier molecular flexibility index (Phi) is 5.69. The monoisotopic (exact) mass is 358 g/mol. The number of esters is 1. The minimum atomic E-state index is -0.264. The molecule has 2 aromatic heterocycles. The zero-order valence-corrected chi connectivity index (χ0v) is 15.8. The van der Waals surface area contributed by atoms with E-state index >= 15 is 0 Å². The molecule has 0 aliphatic heterocycles. The summed E-state index contributed by atoms with van der Waals surface area (Å²) in [7, 11) is 0. The maximum atomic E-state index is 12.3. The number of hydrogen-bond donors (Lipinski definition) is 0. The van der Waals surface area contributed by atoms with Gasteiger partial charge in [-0.1, -0.05) is 38.8 Å². The van der Waals surface area contributed by atoms with E-state index in [1.165, 1.54) is 50.4 Å². The van der Waals surface area contributed by atoms with Crippen molar-refractivity contribution in [1.29, 1.82) is 0 Å². The average molecular weight is 359 g/mol. The van der Waals surface area contributed by atoms with Crippen LogP contribution < -0.4 is 4.74 Å². The standard InChI is InChI=1S/C20H22O2S2/c1-3-5-6-7-17-12-15-13-18(24-20(15)23-17)19(21)22-16-10-8-14(4-2)9-11-16/h8-13H,3-7H2,1-2H3. The van der Waals surface area contributed by atoms with E-state index in [1.54, 1.807) is 0 Å². The zero-order valence-electron chi connectivity index (χ0n) is 14.1. The molecular weight excluding hydrogens is 336 g/mol. The van der Waals surface area contributed by atoms with Gasteiger partial charge in [0.15, 0.2) is 0 Å². The van der Waals surface area contributed by atoms with Crippen LogP contribution >= 0.6 is 22.7 Å². The van der Waals surface area contributed by atoms with E-state index in [1.807, 2.05) is 41.7 Å². The third-order valence-electron chi connectivity index (χ3n) is 4.04. The topological polar surface area (TPSA) is 26.3 Å². The number of benzene rings is 1. The van der Waals surface area contributed by atoms with E-state index in [-0.39, 0.29) is 5.97 Å². The van der Waals surface area contributed by atoms with Gasteiger partial charge in [-0.3, -0.25) is 0 Å². The number of rotatable bonds is 7. The summed E-state index contributed by atoms with van der Waals surface area (Å²) in [6.07, 6.45) is 5.89. The summed E-state index contributed by atoms with van der Waals surface area (Å²) in [5, 5.41) is 1.17. The maximum absolute atomic E-state index is 12.3. The predicted molar refractivity (Wildman–Crippen MR) is 104 cm³/mol. The van der Waals surface area contributed by atoms with Gasteiger partial charge in [0.25, 0.3) is 0 Å². The molecule has 126 valence electrons. The zero-order chi connectivity index (χ0) is 16.9. The lowest BCUT2D eigenvalue weighted by atomic mass is 10.2. The van der Waals surface area contributed by atoms with Gasteiger partial charge in [-0.05, 0) is 49.1 Å². The Bertz CT molecular complexity index is 780. The number of carbonyl (C=O) groups is 1. The molecular formula is C20H22O2S2. The van der Waals surface area contributed by atoms with Crippen molar-refractivity contribution in [2.45, 2.75) is 46.0 Å². The quantitative estimate of drug-likeness (QED) is 0.274. The summed E-state index contributed by atoms with van der Waals surface area (Å²) in [6.45, 7) is 4.33. The minimum absolute atomic E-state index is 0.264. The van der Waals surface area contributed by atoms with E-state index < -0.39 is 0 Å². The molecule has 0 radical (unpaired) electrons. The second kappa shape index (κ2) is 7.95. The highest BCUT2D eigenvalue weighted by molar-refractivity contribution is 7.39. The molecule has 0 saturated heterocycles. The number of unbranched alkanes of at least 4 members (excludes halogenated alkanes) is 2. The molecule has 1 aromatic carbocycles. The molecule has 0 amide bonds. The number of aryl methyl sites for hydroxylation is 2. The Morgan fingerprint density at radius 1 is 1.04 bits per heavy atom. The van der Waals surface area contributed by atoms with Crippen LogP contribution in [0.2, 0.25) is 0 Å². The van der Waals surface area contributed by atoms with Gasteiger partial charge in [-0.25, -0.2) is 4.79 Å². The lowest BCUT2D eigenvalue weighted by Crippen LogP contribution is -2.06. The van der Waals surface area contributed by atoms with E-state index in [0.717, 1.165) is 12.8 Å². The second-order valence-electron chi connectivity index (χ2n) is 5.91. The summed E-state index contributed by atoms with van der Waals surface area (Å²) in [6, 6.07) is 11.9. The van der Waals surface area contributed by atoms with Gasteiger partial charge in [-0.15, -0.1) is 22.7 Å². The van der Waals surface area contributed by atoms with E-state index in [4.69, 9.17) is 4.74 Å². The van der Waals surface area contributed by atoms with E-state index in [9.17, 15) is 4.79 Å². The van der Waals surface area contributed by atoms with Crippen molar-refractivity contribution in [2.24, 2.45) is 0 Å². The molecule has 0 saturated carbocycles. The number of thiophene rings is 2. The van der Waals surface area contributed by atoms with Crippen molar-refractivity contribution < 1.29 is 9.53 Å². The number of hydrogen-bond acceptors (Lipinski definition) is 4. The van der Waals surface area contributed by atoms with Gasteiger partial charge in [0, 0.05) is 10.3 Å². The molecule has 2 heterocycles. The first kappa shape index (κ1) is 17.2. The highest BCUT2D eigenvalue weighted by atomic mass is 32.2. The summed E-state index contributed by atoms with van der Waals surface area (Å²) in [4.78, 5) is 14.4. The molecule has 0 bridgehead atoms. The van der Waals surface area contributed by atoms with E-state index in [0.29, 0.717) is 10.6 Å². The van der Waals surface area contributed by atoms with Crippen molar-refractivity contribution in [1.82, 2.24) is 0 Å². The Labute approximate surface area is 151 Å². The first-order valence-corrected chi connectivity index (χ1v) is 10.2. The fourth-order valence-corrected chi connectivity index (χ4v) is 5.02. The van der Waals surface area contributed by atoms with Crippen molar-refractivity contribution in [3.8, 4) is 5.75 Å². The molecule has 0 aliphatic rings. The van der Waals surface area contributed by atoms with Crippen LogP contribution in [0.3, 0.4) is 0 Å². The number of carbonyl (C=O) groups excluding carboxylic acids is 1. The van der Waals surface area contributed by atoms with Crippen LogP contribution in [-0.2, 0) is 12.8 Å². The van der Waals surface area contributed by atoms with Gasteiger partial charge in [0.1, 0.15) is 10.6 Å². The van der Waals surface area contributed by atoms with Crippen LogP contribution in [0.1, 0.15) is 53.2 Å². The summed E-state index contributed by atoms with van der Waals surface area (Å²) in [5.41, 5.74) is 1.24. The number of fused-ring (bicyclic) bond motifs is 1. The van der Waals surface area contributed by atoms with Crippen LogP contribution in [0.25, 0.3) is 9.40 Å². The summed E-state index contributed by atoms with van der Waals surface area (Å²) in [5.74, 6) is 0.342. The lowest BCUT2D eigenvalue weighted by Gasteiger charge is -2.03. The predicted octanol–water partition coefficient (Wildman–Crippen LogP) is 6.48. The summed E-state index contributed by atoms with van der Waals surface area (Å²) >= 11 is 3.34. The molecule has 0 aliphatic carbocycles. The third-order valence-corrected chi connectivity index (χ3v) is 6.47. The minimum Gasteiger partial charge on any atom is -0.422 e. The van der Waals surface area contributed by atoms with Crippen molar-refractivity contribution in [3.63, 3.8) is 0 Å². The van der Waals surface area contributed by atoms with Gasteiger partial charge in [-0.2, -0.15) is 0 Å². The fourth-order valence-electron chi connectivity index (χ4n) is 2.61. The highest BCUT2D eigenvalue weighted by Crippen LogP contribution is 2.34. The van der Waals surface area contributed by atoms with Crippen molar-refractivity contribution in [2.75, 3.05) is 0 Å². The van der Waals surface area contributed by atoms with Crippen molar-refractivity contribution in [3.05, 3.63) is 51.7 Å².